The monoisotopic (exact) mass is 327 g/mol. The third kappa shape index (κ3) is 2.72. The minimum absolute atomic E-state index is 0.159. The van der Waals surface area contributed by atoms with E-state index in [1.165, 1.54) is 36.4 Å². The molecular formula is C19H22FN3O. The van der Waals surface area contributed by atoms with Crippen LogP contribution in [-0.4, -0.2) is 21.7 Å². The Morgan fingerprint density at radius 3 is 2.83 bits per heavy atom. The van der Waals surface area contributed by atoms with Crippen molar-refractivity contribution in [3.8, 4) is 5.69 Å². The van der Waals surface area contributed by atoms with Crippen molar-refractivity contribution < 1.29 is 9.18 Å². The van der Waals surface area contributed by atoms with Crippen molar-refractivity contribution in [2.75, 3.05) is 0 Å². The summed E-state index contributed by atoms with van der Waals surface area (Å²) < 4.78 is 15.2. The molecule has 0 spiro atoms. The Morgan fingerprint density at radius 1 is 1.29 bits per heavy atom. The van der Waals surface area contributed by atoms with Crippen LogP contribution in [-0.2, 0) is 0 Å². The number of hydrogen-bond donors (Lipinski definition) is 1. The van der Waals surface area contributed by atoms with E-state index in [4.69, 9.17) is 0 Å². The maximum absolute atomic E-state index is 13.8. The highest BCUT2D eigenvalue weighted by Crippen LogP contribution is 2.49. The largest absolute Gasteiger partial charge is 0.348 e. The Balaban J connectivity index is 1.45. The Hall–Kier alpha value is -2.17. The number of para-hydroxylation sites is 1. The molecule has 0 radical (unpaired) electrons. The first-order valence-electron chi connectivity index (χ1n) is 8.73. The normalized spacial score (nSPS) is 26.5. The van der Waals surface area contributed by atoms with Gasteiger partial charge < -0.3 is 5.32 Å². The number of rotatable bonds is 4. The predicted octanol–water partition coefficient (Wildman–Crippen LogP) is 3.57. The van der Waals surface area contributed by atoms with Crippen LogP contribution in [0.1, 0.15) is 43.1 Å². The molecule has 1 amide bonds. The average Bonchev–Trinajstić information content (AvgIpc) is 3.31. The summed E-state index contributed by atoms with van der Waals surface area (Å²) in [6.07, 6.45) is 6.84. The van der Waals surface area contributed by atoms with Crippen molar-refractivity contribution in [1.82, 2.24) is 15.1 Å². The molecule has 2 aromatic rings. The maximum Gasteiger partial charge on any atom is 0.272 e. The smallest absolute Gasteiger partial charge is 0.272 e. The third-order valence-corrected chi connectivity index (χ3v) is 5.71. The van der Waals surface area contributed by atoms with Gasteiger partial charge in [-0.2, -0.15) is 5.10 Å². The van der Waals surface area contributed by atoms with Gasteiger partial charge in [0, 0.05) is 12.2 Å². The van der Waals surface area contributed by atoms with E-state index in [9.17, 15) is 9.18 Å². The van der Waals surface area contributed by atoms with Crippen LogP contribution < -0.4 is 5.32 Å². The number of fused-ring (bicyclic) bond motifs is 2. The summed E-state index contributed by atoms with van der Waals surface area (Å²) in [6, 6.07) is 8.20. The summed E-state index contributed by atoms with van der Waals surface area (Å²) in [5, 5.41) is 7.33. The van der Waals surface area contributed by atoms with Crippen molar-refractivity contribution >= 4 is 5.91 Å². The topological polar surface area (TPSA) is 46.9 Å². The zero-order chi connectivity index (χ0) is 16.7. The Labute approximate surface area is 141 Å². The van der Waals surface area contributed by atoms with E-state index in [1.807, 2.05) is 0 Å². The molecule has 1 aromatic carbocycles. The third-order valence-electron chi connectivity index (χ3n) is 5.71. The molecule has 4 atom stereocenters. The fourth-order valence-electron chi connectivity index (χ4n) is 4.51. The number of halogens is 1. The molecule has 1 N–H and O–H groups in total. The fraction of sp³-hybridized carbons (Fsp3) is 0.474. The van der Waals surface area contributed by atoms with E-state index in [1.54, 1.807) is 30.5 Å². The Morgan fingerprint density at radius 2 is 2.12 bits per heavy atom. The van der Waals surface area contributed by atoms with Crippen molar-refractivity contribution in [2.45, 2.75) is 38.6 Å². The zero-order valence-corrected chi connectivity index (χ0v) is 13.8. The molecule has 1 aromatic heterocycles. The van der Waals surface area contributed by atoms with Crippen LogP contribution in [0.25, 0.3) is 5.69 Å². The van der Waals surface area contributed by atoms with Crippen molar-refractivity contribution in [3.63, 3.8) is 0 Å². The van der Waals surface area contributed by atoms with Gasteiger partial charge in [-0.15, -0.1) is 0 Å². The van der Waals surface area contributed by atoms with E-state index in [2.05, 4.69) is 17.3 Å². The van der Waals surface area contributed by atoms with Crippen molar-refractivity contribution in [2.24, 2.45) is 17.8 Å². The van der Waals surface area contributed by atoms with Crippen LogP contribution in [0, 0.1) is 23.6 Å². The number of carbonyl (C=O) groups excluding carboxylic acids is 1. The van der Waals surface area contributed by atoms with Gasteiger partial charge in [0.2, 0.25) is 0 Å². The van der Waals surface area contributed by atoms with Crippen LogP contribution in [0.15, 0.2) is 36.5 Å². The minimum Gasteiger partial charge on any atom is -0.348 e. The summed E-state index contributed by atoms with van der Waals surface area (Å²) >= 11 is 0. The van der Waals surface area contributed by atoms with Gasteiger partial charge in [0.25, 0.3) is 5.91 Å². The van der Waals surface area contributed by atoms with Gasteiger partial charge in [-0.25, -0.2) is 9.07 Å². The van der Waals surface area contributed by atoms with Gasteiger partial charge in [0.15, 0.2) is 5.69 Å². The number of nitrogens with zero attached hydrogens (tertiary/aromatic N) is 2. The summed E-state index contributed by atoms with van der Waals surface area (Å²) in [7, 11) is 0. The van der Waals surface area contributed by atoms with Crippen LogP contribution in [0.5, 0.6) is 0 Å². The Bertz CT molecular complexity index is 757. The summed E-state index contributed by atoms with van der Waals surface area (Å²) in [6.45, 7) is 2.09. The zero-order valence-electron chi connectivity index (χ0n) is 13.8. The number of nitrogens with one attached hydrogen (secondary N) is 1. The van der Waals surface area contributed by atoms with Gasteiger partial charge in [-0.1, -0.05) is 18.6 Å². The molecular weight excluding hydrogens is 305 g/mol. The highest BCUT2D eigenvalue weighted by Gasteiger charge is 2.42. The summed E-state index contributed by atoms with van der Waals surface area (Å²) in [5.41, 5.74) is 0.672. The lowest BCUT2D eigenvalue weighted by atomic mass is 9.84. The summed E-state index contributed by atoms with van der Waals surface area (Å²) in [5.74, 6) is 1.67. The molecule has 2 bridgehead atoms. The van der Waals surface area contributed by atoms with Crippen LogP contribution in [0.4, 0.5) is 4.39 Å². The van der Waals surface area contributed by atoms with Gasteiger partial charge in [0.1, 0.15) is 11.5 Å². The fourth-order valence-corrected chi connectivity index (χ4v) is 4.51. The summed E-state index contributed by atoms with van der Waals surface area (Å²) in [4.78, 5) is 12.5. The predicted molar refractivity (Wildman–Crippen MR) is 89.4 cm³/mol. The SMILES string of the molecule is C[C@@H](NC(=O)c1ccn(-c2ccccc2F)n1)[C@@H]1C[C@H]2CC[C@H]1C2. The molecule has 126 valence electrons. The second-order valence-corrected chi connectivity index (χ2v) is 7.20. The number of hydrogen-bond acceptors (Lipinski definition) is 2. The van der Waals surface area contributed by atoms with Crippen LogP contribution >= 0.6 is 0 Å². The second kappa shape index (κ2) is 6.04. The van der Waals surface area contributed by atoms with E-state index in [0.717, 1.165) is 11.8 Å². The van der Waals surface area contributed by atoms with E-state index >= 15 is 0 Å². The Kier molecular flexibility index (Phi) is 3.87. The van der Waals surface area contributed by atoms with E-state index in [0.29, 0.717) is 17.3 Å². The molecule has 0 aliphatic heterocycles. The molecule has 1 heterocycles. The minimum atomic E-state index is -0.358. The number of carbonyl (C=O) groups is 1. The van der Waals surface area contributed by atoms with Crippen molar-refractivity contribution in [1.29, 1.82) is 0 Å². The standard InChI is InChI=1S/C19H22FN3O/c1-12(15-11-13-6-7-14(15)10-13)21-19(24)17-8-9-23(22-17)18-5-3-2-4-16(18)20/h2-5,8-9,12-15H,6-7,10-11H2,1H3,(H,21,24)/t12-,13+,14+,15+/m1/s1. The van der Waals surface area contributed by atoms with Gasteiger partial charge in [-0.3, -0.25) is 4.79 Å². The molecule has 5 heteroatoms. The molecule has 0 saturated heterocycles. The lowest BCUT2D eigenvalue weighted by molar-refractivity contribution is 0.0909. The molecule has 2 aliphatic rings. The van der Waals surface area contributed by atoms with Crippen LogP contribution in [0.2, 0.25) is 0 Å². The van der Waals surface area contributed by atoms with E-state index < -0.39 is 0 Å². The second-order valence-electron chi connectivity index (χ2n) is 7.20. The molecule has 2 fully saturated rings. The number of aromatic nitrogens is 2. The highest BCUT2D eigenvalue weighted by atomic mass is 19.1. The molecule has 24 heavy (non-hydrogen) atoms. The molecule has 2 aliphatic carbocycles. The first kappa shape index (κ1) is 15.4. The molecule has 2 saturated carbocycles. The van der Waals surface area contributed by atoms with Gasteiger partial charge >= 0.3 is 0 Å². The molecule has 0 unspecified atom stereocenters. The quantitative estimate of drug-likeness (QED) is 0.933. The molecule has 4 rings (SSSR count). The lowest BCUT2D eigenvalue weighted by Gasteiger charge is -2.28. The first-order chi connectivity index (χ1) is 11.6. The highest BCUT2D eigenvalue weighted by molar-refractivity contribution is 5.92. The van der Waals surface area contributed by atoms with Crippen LogP contribution in [0.3, 0.4) is 0 Å². The number of benzene rings is 1. The number of amides is 1. The van der Waals surface area contributed by atoms with Gasteiger partial charge in [0.05, 0.1) is 0 Å². The van der Waals surface area contributed by atoms with Gasteiger partial charge in [-0.05, 0) is 62.1 Å². The first-order valence-corrected chi connectivity index (χ1v) is 8.73. The average molecular weight is 327 g/mol. The maximum atomic E-state index is 13.8. The molecule has 4 nitrogen and oxygen atoms in total. The lowest BCUT2D eigenvalue weighted by Crippen LogP contribution is -2.40. The van der Waals surface area contributed by atoms with E-state index in [-0.39, 0.29) is 17.8 Å². The van der Waals surface area contributed by atoms with Crippen molar-refractivity contribution in [3.05, 3.63) is 48.0 Å².